The maximum Gasteiger partial charge on any atom is 0.281 e. The molecular weight excluding hydrogens is 208 g/mol. The molecule has 1 rings (SSSR count). The lowest BCUT2D eigenvalue weighted by Gasteiger charge is -2.09. The van der Waals surface area contributed by atoms with Gasteiger partial charge < -0.3 is 16.2 Å². The minimum Gasteiger partial charge on any atom is -0.481 e. The van der Waals surface area contributed by atoms with E-state index in [0.717, 1.165) is 6.07 Å². The number of nitrogens with two attached hydrogens (primary N) is 2. The van der Waals surface area contributed by atoms with Gasteiger partial charge in [-0.1, -0.05) is 0 Å². The number of amides is 1. The molecule has 0 saturated heterocycles. The number of nitrogens with zero attached hydrogens (tertiary/aromatic N) is 1. The quantitative estimate of drug-likeness (QED) is 0.779. The Labute approximate surface area is 84.0 Å². The highest BCUT2D eigenvalue weighted by molar-refractivity contribution is 5.99. The first-order valence-corrected chi connectivity index (χ1v) is 3.89. The summed E-state index contributed by atoms with van der Waals surface area (Å²) in [6.45, 7) is 0. The molecule has 1 aromatic rings. The molecule has 1 aromatic heterocycles. The topological polar surface area (TPSA) is 91.2 Å². The van der Waals surface area contributed by atoms with Crippen molar-refractivity contribution in [2.45, 2.75) is 6.43 Å². The van der Waals surface area contributed by atoms with Crippen molar-refractivity contribution in [3.63, 3.8) is 0 Å². The number of alkyl halides is 2. The molecule has 15 heavy (non-hydrogen) atoms. The second-order valence-electron chi connectivity index (χ2n) is 2.68. The van der Waals surface area contributed by atoms with Crippen molar-refractivity contribution in [3.8, 4) is 5.88 Å². The molecule has 0 unspecified atom stereocenters. The van der Waals surface area contributed by atoms with Crippen molar-refractivity contribution in [1.82, 2.24) is 4.98 Å². The van der Waals surface area contributed by atoms with E-state index in [1.807, 2.05) is 0 Å². The summed E-state index contributed by atoms with van der Waals surface area (Å²) in [5.41, 5.74) is 8.89. The van der Waals surface area contributed by atoms with Gasteiger partial charge in [0.05, 0.1) is 18.4 Å². The van der Waals surface area contributed by atoms with E-state index in [0.29, 0.717) is 0 Å². The van der Waals surface area contributed by atoms with Gasteiger partial charge in [0, 0.05) is 6.07 Å². The van der Waals surface area contributed by atoms with Crippen LogP contribution < -0.4 is 16.2 Å². The maximum atomic E-state index is 12.5. The molecule has 7 heteroatoms. The first kappa shape index (κ1) is 11.2. The number of ether oxygens (including phenoxy) is 1. The molecule has 0 saturated carbocycles. The number of aromatic nitrogens is 1. The molecule has 0 atom stereocenters. The molecule has 1 amide bonds. The molecule has 4 N–H and O–H groups in total. The number of pyridine rings is 1. The molecular formula is C8H9F2N3O2. The summed E-state index contributed by atoms with van der Waals surface area (Å²) in [5, 5.41) is 0. The zero-order chi connectivity index (χ0) is 11.6. The summed E-state index contributed by atoms with van der Waals surface area (Å²) >= 11 is 0. The lowest BCUT2D eigenvalue weighted by atomic mass is 10.1. The summed E-state index contributed by atoms with van der Waals surface area (Å²) in [4.78, 5) is 14.3. The van der Waals surface area contributed by atoms with Gasteiger partial charge in [0.25, 0.3) is 12.3 Å². The monoisotopic (exact) mass is 217 g/mol. The van der Waals surface area contributed by atoms with Crippen LogP contribution in [0.15, 0.2) is 6.07 Å². The Bertz CT molecular complexity index is 396. The molecule has 0 aliphatic heterocycles. The van der Waals surface area contributed by atoms with Crippen LogP contribution >= 0.6 is 0 Å². The zero-order valence-corrected chi connectivity index (χ0v) is 7.83. The highest BCUT2D eigenvalue weighted by atomic mass is 19.3. The van der Waals surface area contributed by atoms with Crippen molar-refractivity contribution in [2.24, 2.45) is 5.73 Å². The minimum atomic E-state index is -2.94. The fourth-order valence-electron chi connectivity index (χ4n) is 1.09. The predicted octanol–water partition coefficient (Wildman–Crippen LogP) is 0.709. The number of carbonyl (C=O) groups excluding carboxylic acids is 1. The molecule has 0 radical (unpaired) electrons. The Morgan fingerprint density at radius 1 is 1.60 bits per heavy atom. The second-order valence-corrected chi connectivity index (χ2v) is 2.68. The largest absolute Gasteiger partial charge is 0.481 e. The SMILES string of the molecule is COc1cc(N)c(C(N)=O)c(C(F)F)n1. The van der Waals surface area contributed by atoms with Crippen LogP contribution in [0.4, 0.5) is 14.5 Å². The number of methoxy groups -OCH3 is 1. The number of halogens is 2. The summed E-state index contributed by atoms with van der Waals surface area (Å²) in [7, 11) is 1.25. The smallest absolute Gasteiger partial charge is 0.281 e. The Morgan fingerprint density at radius 3 is 2.60 bits per heavy atom. The maximum absolute atomic E-state index is 12.5. The summed E-state index contributed by atoms with van der Waals surface area (Å²) in [5.74, 6) is -1.13. The summed E-state index contributed by atoms with van der Waals surface area (Å²) in [6, 6.07) is 1.16. The van der Waals surface area contributed by atoms with Gasteiger partial charge >= 0.3 is 0 Å². The van der Waals surface area contributed by atoms with E-state index < -0.39 is 23.6 Å². The van der Waals surface area contributed by atoms with Gasteiger partial charge in [0.1, 0.15) is 5.69 Å². The van der Waals surface area contributed by atoms with Crippen LogP contribution in [0.2, 0.25) is 0 Å². The molecule has 5 nitrogen and oxygen atoms in total. The van der Waals surface area contributed by atoms with E-state index >= 15 is 0 Å². The minimum absolute atomic E-state index is 0.0900. The second kappa shape index (κ2) is 4.07. The van der Waals surface area contributed by atoms with Gasteiger partial charge in [-0.15, -0.1) is 0 Å². The summed E-state index contributed by atoms with van der Waals surface area (Å²) < 4.78 is 29.6. The van der Waals surface area contributed by atoms with Crippen LogP contribution in [0, 0.1) is 0 Å². The lowest BCUT2D eigenvalue weighted by molar-refractivity contribution is 0.0983. The molecule has 82 valence electrons. The number of primary amides is 1. The van der Waals surface area contributed by atoms with E-state index in [4.69, 9.17) is 11.5 Å². The average Bonchev–Trinajstić information content (AvgIpc) is 2.15. The van der Waals surface area contributed by atoms with Gasteiger partial charge in [-0.3, -0.25) is 4.79 Å². The molecule has 0 fully saturated rings. The van der Waals surface area contributed by atoms with Crippen LogP contribution in [-0.4, -0.2) is 18.0 Å². The fraction of sp³-hybridized carbons (Fsp3) is 0.250. The van der Waals surface area contributed by atoms with Crippen molar-refractivity contribution in [3.05, 3.63) is 17.3 Å². The third kappa shape index (κ3) is 2.12. The Balaban J connectivity index is 3.42. The van der Waals surface area contributed by atoms with Crippen LogP contribution in [0.5, 0.6) is 5.88 Å². The number of nitrogen functional groups attached to an aromatic ring is 1. The molecule has 0 spiro atoms. The average molecular weight is 217 g/mol. The first-order valence-electron chi connectivity index (χ1n) is 3.89. The predicted molar refractivity (Wildman–Crippen MR) is 48.7 cm³/mol. The van der Waals surface area contributed by atoms with Crippen LogP contribution in [-0.2, 0) is 0 Å². The first-order chi connectivity index (χ1) is 6.97. The van der Waals surface area contributed by atoms with Gasteiger partial charge in [-0.2, -0.15) is 0 Å². The van der Waals surface area contributed by atoms with Gasteiger partial charge in [-0.05, 0) is 0 Å². The molecule has 0 aliphatic carbocycles. The highest BCUT2D eigenvalue weighted by Crippen LogP contribution is 2.27. The third-order valence-corrected chi connectivity index (χ3v) is 1.72. The van der Waals surface area contributed by atoms with Gasteiger partial charge in [-0.25, -0.2) is 13.8 Å². The Morgan fingerprint density at radius 2 is 2.20 bits per heavy atom. The van der Waals surface area contributed by atoms with E-state index in [1.54, 1.807) is 0 Å². The van der Waals surface area contributed by atoms with Crippen LogP contribution in [0.25, 0.3) is 0 Å². The van der Waals surface area contributed by atoms with E-state index in [1.165, 1.54) is 7.11 Å². The van der Waals surface area contributed by atoms with Crippen LogP contribution in [0.3, 0.4) is 0 Å². The number of carbonyl (C=O) groups is 1. The van der Waals surface area contributed by atoms with Gasteiger partial charge in [0.2, 0.25) is 5.88 Å². The Kier molecular flexibility index (Phi) is 3.03. The lowest BCUT2D eigenvalue weighted by Crippen LogP contribution is -2.18. The third-order valence-electron chi connectivity index (χ3n) is 1.72. The number of hydrogen-bond acceptors (Lipinski definition) is 4. The number of hydrogen-bond donors (Lipinski definition) is 2. The van der Waals surface area contributed by atoms with E-state index in [9.17, 15) is 13.6 Å². The standard InChI is InChI=1S/C8H9F2N3O2/c1-15-4-2-3(11)5(8(12)14)6(13-4)7(9)10/h2,7H,1H3,(H2,11,13)(H2,12,14). The van der Waals surface area contributed by atoms with Crippen molar-refractivity contribution >= 4 is 11.6 Å². The molecule has 0 aliphatic rings. The molecule has 1 heterocycles. The van der Waals surface area contributed by atoms with E-state index in [2.05, 4.69) is 9.72 Å². The molecule has 0 aromatic carbocycles. The van der Waals surface area contributed by atoms with Gasteiger partial charge in [0.15, 0.2) is 0 Å². The fourth-order valence-corrected chi connectivity index (χ4v) is 1.09. The van der Waals surface area contributed by atoms with Crippen molar-refractivity contribution in [2.75, 3.05) is 12.8 Å². The Hall–Kier alpha value is -1.92. The van der Waals surface area contributed by atoms with E-state index in [-0.39, 0.29) is 11.6 Å². The number of rotatable bonds is 3. The van der Waals surface area contributed by atoms with Crippen molar-refractivity contribution < 1.29 is 18.3 Å². The highest BCUT2D eigenvalue weighted by Gasteiger charge is 2.22. The normalized spacial score (nSPS) is 10.4. The summed E-state index contributed by atoms with van der Waals surface area (Å²) in [6.07, 6.45) is -2.94. The number of anilines is 1. The zero-order valence-electron chi connectivity index (χ0n) is 7.83. The van der Waals surface area contributed by atoms with Crippen molar-refractivity contribution in [1.29, 1.82) is 0 Å². The van der Waals surface area contributed by atoms with Crippen LogP contribution in [0.1, 0.15) is 22.5 Å². The molecule has 0 bridgehead atoms.